The minimum absolute atomic E-state index is 0.115. The fourth-order valence-corrected chi connectivity index (χ4v) is 3.17. The summed E-state index contributed by atoms with van der Waals surface area (Å²) in [5, 5.41) is 16.9. The number of aliphatic imine (C=N–C) groups is 1. The summed E-state index contributed by atoms with van der Waals surface area (Å²) in [6.45, 7) is 8.80. The van der Waals surface area contributed by atoms with E-state index in [0.29, 0.717) is 11.8 Å². The van der Waals surface area contributed by atoms with Crippen molar-refractivity contribution in [1.29, 1.82) is 0 Å². The van der Waals surface area contributed by atoms with Gasteiger partial charge in [-0.1, -0.05) is 13.3 Å². The molecule has 1 saturated heterocycles. The van der Waals surface area contributed by atoms with E-state index in [2.05, 4.69) is 27.4 Å². The molecule has 0 aromatic heterocycles. The first kappa shape index (κ1) is 22.4. The maximum atomic E-state index is 12.9. The SMILES string of the molecule is CCCCN1CCC(NC(=NCC(O)COc2ccc(F)cc2)NCC)CC1. The highest BCUT2D eigenvalue weighted by Crippen LogP contribution is 2.12. The predicted molar refractivity (Wildman–Crippen MR) is 111 cm³/mol. The number of benzene rings is 1. The molecule has 7 heteroatoms. The molecule has 0 bridgehead atoms. The van der Waals surface area contributed by atoms with Gasteiger partial charge in [-0.15, -0.1) is 0 Å². The molecule has 0 aliphatic carbocycles. The standard InChI is InChI=1S/C21H35FN4O2/c1-3-5-12-26-13-10-18(11-14-26)25-21(23-4-2)24-15-19(27)16-28-20-8-6-17(22)7-9-20/h6-9,18-19,27H,3-5,10-16H2,1-2H3,(H2,23,24,25). The highest BCUT2D eigenvalue weighted by Gasteiger charge is 2.19. The number of aliphatic hydroxyl groups excluding tert-OH is 1. The zero-order valence-electron chi connectivity index (χ0n) is 17.2. The molecular weight excluding hydrogens is 359 g/mol. The summed E-state index contributed by atoms with van der Waals surface area (Å²) in [5.41, 5.74) is 0. The van der Waals surface area contributed by atoms with Crippen molar-refractivity contribution in [3.05, 3.63) is 30.1 Å². The summed E-state index contributed by atoms with van der Waals surface area (Å²) in [7, 11) is 0. The maximum absolute atomic E-state index is 12.9. The molecule has 2 rings (SSSR count). The van der Waals surface area contributed by atoms with Gasteiger partial charge in [0.05, 0.1) is 6.54 Å². The lowest BCUT2D eigenvalue weighted by Gasteiger charge is -2.33. The van der Waals surface area contributed by atoms with Crippen LogP contribution in [-0.2, 0) is 0 Å². The molecule has 0 radical (unpaired) electrons. The first-order valence-electron chi connectivity index (χ1n) is 10.4. The number of likely N-dealkylation sites (tertiary alicyclic amines) is 1. The van der Waals surface area contributed by atoms with Crippen molar-refractivity contribution in [3.8, 4) is 5.75 Å². The van der Waals surface area contributed by atoms with Crippen molar-refractivity contribution in [3.63, 3.8) is 0 Å². The average molecular weight is 395 g/mol. The van der Waals surface area contributed by atoms with Crippen molar-refractivity contribution in [2.24, 2.45) is 4.99 Å². The summed E-state index contributed by atoms with van der Waals surface area (Å²) in [6.07, 6.45) is 3.98. The molecule has 1 fully saturated rings. The van der Waals surface area contributed by atoms with E-state index in [1.807, 2.05) is 6.92 Å². The van der Waals surface area contributed by atoms with E-state index in [0.717, 1.165) is 38.4 Å². The lowest BCUT2D eigenvalue weighted by molar-refractivity contribution is 0.114. The highest BCUT2D eigenvalue weighted by molar-refractivity contribution is 5.80. The van der Waals surface area contributed by atoms with Crippen LogP contribution < -0.4 is 15.4 Å². The summed E-state index contributed by atoms with van der Waals surface area (Å²) >= 11 is 0. The van der Waals surface area contributed by atoms with Crippen LogP contribution in [-0.4, -0.2) is 67.4 Å². The normalized spacial score (nSPS) is 17.4. The van der Waals surface area contributed by atoms with Crippen LogP contribution in [0.4, 0.5) is 4.39 Å². The Morgan fingerprint density at radius 3 is 2.64 bits per heavy atom. The number of hydrogen-bond donors (Lipinski definition) is 3. The minimum Gasteiger partial charge on any atom is -0.491 e. The highest BCUT2D eigenvalue weighted by atomic mass is 19.1. The van der Waals surface area contributed by atoms with Crippen molar-refractivity contribution in [2.45, 2.75) is 51.7 Å². The van der Waals surface area contributed by atoms with Crippen LogP contribution in [0, 0.1) is 5.82 Å². The number of piperidine rings is 1. The maximum Gasteiger partial charge on any atom is 0.191 e. The molecule has 1 atom stereocenters. The van der Waals surface area contributed by atoms with Gasteiger partial charge in [-0.2, -0.15) is 0 Å². The molecule has 1 aliphatic rings. The number of ether oxygens (including phenoxy) is 1. The van der Waals surface area contributed by atoms with Gasteiger partial charge in [-0.05, 0) is 57.0 Å². The van der Waals surface area contributed by atoms with Gasteiger partial charge in [0.25, 0.3) is 0 Å². The molecule has 1 aromatic carbocycles. The zero-order valence-corrected chi connectivity index (χ0v) is 17.2. The number of nitrogens with zero attached hydrogens (tertiary/aromatic N) is 2. The lowest BCUT2D eigenvalue weighted by Crippen LogP contribution is -2.49. The minimum atomic E-state index is -0.726. The third-order valence-corrected chi connectivity index (χ3v) is 4.82. The quantitative estimate of drug-likeness (QED) is 0.420. The molecule has 1 aliphatic heterocycles. The number of guanidine groups is 1. The van der Waals surface area contributed by atoms with Crippen molar-refractivity contribution < 1.29 is 14.2 Å². The van der Waals surface area contributed by atoms with Gasteiger partial charge >= 0.3 is 0 Å². The van der Waals surface area contributed by atoms with E-state index < -0.39 is 6.10 Å². The van der Waals surface area contributed by atoms with Crippen LogP contribution in [0.15, 0.2) is 29.3 Å². The van der Waals surface area contributed by atoms with Gasteiger partial charge in [-0.3, -0.25) is 4.99 Å². The van der Waals surface area contributed by atoms with E-state index in [4.69, 9.17) is 4.74 Å². The Hall–Kier alpha value is -1.86. The van der Waals surface area contributed by atoms with Crippen LogP contribution in [0.3, 0.4) is 0 Å². The molecule has 1 heterocycles. The summed E-state index contributed by atoms with van der Waals surface area (Å²) < 4.78 is 18.4. The number of hydrogen-bond acceptors (Lipinski definition) is 4. The van der Waals surface area contributed by atoms with Crippen LogP contribution in [0.1, 0.15) is 39.5 Å². The van der Waals surface area contributed by atoms with E-state index in [1.54, 1.807) is 12.1 Å². The van der Waals surface area contributed by atoms with Gasteiger partial charge in [0.15, 0.2) is 5.96 Å². The Labute approximate surface area is 168 Å². The number of aliphatic hydroxyl groups is 1. The second-order valence-electron chi connectivity index (χ2n) is 7.25. The third kappa shape index (κ3) is 8.44. The first-order valence-corrected chi connectivity index (χ1v) is 10.4. The third-order valence-electron chi connectivity index (χ3n) is 4.82. The summed E-state index contributed by atoms with van der Waals surface area (Å²) in [4.78, 5) is 7.02. The molecule has 28 heavy (non-hydrogen) atoms. The second kappa shape index (κ2) is 12.6. The monoisotopic (exact) mass is 394 g/mol. The molecule has 1 aromatic rings. The Morgan fingerprint density at radius 2 is 2.00 bits per heavy atom. The second-order valence-corrected chi connectivity index (χ2v) is 7.25. The predicted octanol–water partition coefficient (Wildman–Crippen LogP) is 2.38. The number of halogens is 1. The largest absolute Gasteiger partial charge is 0.491 e. The Kier molecular flexibility index (Phi) is 10.1. The molecule has 1 unspecified atom stereocenters. The fourth-order valence-electron chi connectivity index (χ4n) is 3.17. The molecular formula is C21H35FN4O2. The van der Waals surface area contributed by atoms with Crippen LogP contribution in [0.2, 0.25) is 0 Å². The smallest absolute Gasteiger partial charge is 0.191 e. The van der Waals surface area contributed by atoms with Crippen LogP contribution >= 0.6 is 0 Å². The van der Waals surface area contributed by atoms with Gasteiger partial charge < -0.3 is 25.4 Å². The number of rotatable bonds is 10. The Bertz CT molecular complexity index is 574. The summed E-state index contributed by atoms with van der Waals surface area (Å²) in [6, 6.07) is 6.16. The molecule has 6 nitrogen and oxygen atoms in total. The molecule has 0 saturated carbocycles. The molecule has 0 spiro atoms. The fraction of sp³-hybridized carbons (Fsp3) is 0.667. The molecule has 0 amide bonds. The van der Waals surface area contributed by atoms with E-state index in [-0.39, 0.29) is 19.0 Å². The number of unbranched alkanes of at least 4 members (excludes halogenated alkanes) is 1. The van der Waals surface area contributed by atoms with Gasteiger partial charge in [0, 0.05) is 25.7 Å². The summed E-state index contributed by atoms with van der Waals surface area (Å²) in [5.74, 6) is 0.953. The lowest BCUT2D eigenvalue weighted by atomic mass is 10.0. The van der Waals surface area contributed by atoms with E-state index in [1.165, 1.54) is 31.5 Å². The van der Waals surface area contributed by atoms with Gasteiger partial charge in [0.2, 0.25) is 0 Å². The van der Waals surface area contributed by atoms with Crippen molar-refractivity contribution in [1.82, 2.24) is 15.5 Å². The van der Waals surface area contributed by atoms with Gasteiger partial charge in [-0.25, -0.2) is 4.39 Å². The topological polar surface area (TPSA) is 69.1 Å². The molecule has 158 valence electrons. The average Bonchev–Trinajstić information content (AvgIpc) is 2.71. The van der Waals surface area contributed by atoms with Crippen LogP contribution in [0.25, 0.3) is 0 Å². The van der Waals surface area contributed by atoms with Crippen molar-refractivity contribution >= 4 is 5.96 Å². The van der Waals surface area contributed by atoms with E-state index in [9.17, 15) is 9.50 Å². The Morgan fingerprint density at radius 1 is 1.29 bits per heavy atom. The zero-order chi connectivity index (χ0) is 20.2. The molecule has 3 N–H and O–H groups in total. The van der Waals surface area contributed by atoms with Crippen LogP contribution in [0.5, 0.6) is 5.75 Å². The number of nitrogens with one attached hydrogen (secondary N) is 2. The Balaban J connectivity index is 1.74. The van der Waals surface area contributed by atoms with Crippen molar-refractivity contribution in [2.75, 3.05) is 39.3 Å². The van der Waals surface area contributed by atoms with E-state index >= 15 is 0 Å². The first-order chi connectivity index (χ1) is 13.6. The van der Waals surface area contributed by atoms with Gasteiger partial charge in [0.1, 0.15) is 24.3 Å².